The van der Waals surface area contributed by atoms with Crippen LogP contribution >= 0.6 is 23.2 Å². The van der Waals surface area contributed by atoms with Crippen LogP contribution in [0.3, 0.4) is 0 Å². The van der Waals surface area contributed by atoms with Crippen molar-refractivity contribution in [2.24, 2.45) is 0 Å². The third-order valence-electron chi connectivity index (χ3n) is 2.22. The number of hydrogen-bond donors (Lipinski definition) is 0. The van der Waals surface area contributed by atoms with E-state index in [2.05, 4.69) is 5.10 Å². The van der Waals surface area contributed by atoms with Crippen LogP contribution in [0, 0.1) is 0 Å². The van der Waals surface area contributed by atoms with Gasteiger partial charge in [0.15, 0.2) is 0 Å². The van der Waals surface area contributed by atoms with Gasteiger partial charge in [-0.1, -0.05) is 23.2 Å². The normalized spacial score (nSPS) is 11.6. The summed E-state index contributed by atoms with van der Waals surface area (Å²) in [6.45, 7) is 0. The summed E-state index contributed by atoms with van der Waals surface area (Å²) in [6.07, 6.45) is -3.15. The van der Waals surface area contributed by atoms with E-state index < -0.39 is 11.7 Å². The van der Waals surface area contributed by atoms with Crippen molar-refractivity contribution in [3.05, 3.63) is 40.0 Å². The molecule has 1 aromatic carbocycles. The van der Waals surface area contributed by atoms with Gasteiger partial charge in [0.05, 0.1) is 15.6 Å². The van der Waals surface area contributed by atoms with Crippen LogP contribution in [0.4, 0.5) is 13.2 Å². The Morgan fingerprint density at radius 1 is 1.21 bits per heavy atom. The molecule has 0 saturated heterocycles. The molecule has 100 valence electrons. The fourth-order valence-corrected chi connectivity index (χ4v) is 2.32. The topological polar surface area (TPSA) is 34.9 Å². The van der Waals surface area contributed by atoms with Crippen molar-refractivity contribution in [3.63, 3.8) is 0 Å². The minimum Gasteiger partial charge on any atom is -0.232 e. The lowest BCUT2D eigenvalue weighted by atomic mass is 10.2. The first kappa shape index (κ1) is 14.2. The van der Waals surface area contributed by atoms with E-state index in [-0.39, 0.29) is 32.4 Å². The van der Waals surface area contributed by atoms with Crippen LogP contribution < -0.4 is 0 Å². The van der Waals surface area contributed by atoms with Crippen LogP contribution in [0.1, 0.15) is 5.56 Å². The Kier molecular flexibility index (Phi) is 3.80. The van der Waals surface area contributed by atoms with E-state index in [0.717, 1.165) is 16.8 Å². The monoisotopic (exact) mass is 327 g/mol. The molecule has 0 bridgehead atoms. The van der Waals surface area contributed by atoms with Crippen molar-refractivity contribution in [2.45, 2.75) is 11.2 Å². The number of nitrogens with zero attached hydrogens (tertiary/aromatic N) is 2. The van der Waals surface area contributed by atoms with E-state index in [1.54, 1.807) is 0 Å². The second-order valence-electron chi connectivity index (χ2n) is 3.47. The Hall–Kier alpha value is -1.18. The molecular weight excluding hydrogens is 324 g/mol. The number of hydrogen-bond acceptors (Lipinski definition) is 2. The van der Waals surface area contributed by atoms with Gasteiger partial charge in [-0.3, -0.25) is 0 Å². The van der Waals surface area contributed by atoms with Gasteiger partial charge in [0.1, 0.15) is 5.69 Å². The van der Waals surface area contributed by atoms with Crippen molar-refractivity contribution in [1.29, 1.82) is 0 Å². The van der Waals surface area contributed by atoms with Crippen molar-refractivity contribution in [3.8, 4) is 5.69 Å². The molecule has 9 heteroatoms. The predicted octanol–water partition coefficient (Wildman–Crippen LogP) is 3.98. The average molecular weight is 328 g/mol. The minimum absolute atomic E-state index is 0.0941. The molecule has 0 aliphatic rings. The zero-order chi connectivity index (χ0) is 14.2. The Morgan fingerprint density at radius 3 is 2.21 bits per heavy atom. The van der Waals surface area contributed by atoms with Gasteiger partial charge in [0.2, 0.25) is 0 Å². The maximum Gasteiger partial charge on any atom is 0.528 e. The summed E-state index contributed by atoms with van der Waals surface area (Å²) in [6, 6.07) is 2.92. The van der Waals surface area contributed by atoms with Gasteiger partial charge in [-0.05, 0) is 12.1 Å². The maximum atomic E-state index is 12.6. The smallest absolute Gasteiger partial charge is 0.232 e. The highest BCUT2D eigenvalue weighted by Crippen LogP contribution is 2.37. The van der Waals surface area contributed by atoms with E-state index >= 15 is 0 Å². The molecular formula is C10H4Cl2F3N2OS+. The van der Waals surface area contributed by atoms with E-state index in [1.807, 2.05) is 0 Å². The molecule has 0 N–H and O–H groups in total. The largest absolute Gasteiger partial charge is 0.528 e. The SMILES string of the molecule is O=[S+]c1ccn(-c2c(Cl)cc(C(F)(F)F)cc2Cl)n1. The zero-order valence-electron chi connectivity index (χ0n) is 8.91. The fraction of sp³-hybridized carbons (Fsp3) is 0.100. The highest BCUT2D eigenvalue weighted by molar-refractivity contribution is 7.65. The molecule has 0 saturated carbocycles. The summed E-state index contributed by atoms with van der Waals surface area (Å²) in [4.78, 5) is 0. The third-order valence-corrected chi connectivity index (χ3v) is 3.19. The number of benzene rings is 1. The van der Waals surface area contributed by atoms with E-state index in [9.17, 15) is 17.4 Å². The molecule has 2 aromatic rings. The van der Waals surface area contributed by atoms with Gasteiger partial charge in [-0.25, -0.2) is 4.68 Å². The molecule has 2 rings (SSSR count). The van der Waals surface area contributed by atoms with Crippen LogP contribution in [0.5, 0.6) is 0 Å². The number of halogens is 5. The van der Waals surface area contributed by atoms with Crippen LogP contribution in [0.25, 0.3) is 5.69 Å². The van der Waals surface area contributed by atoms with Gasteiger partial charge >= 0.3 is 22.9 Å². The summed E-state index contributed by atoms with van der Waals surface area (Å²) in [5.74, 6) is 0. The van der Waals surface area contributed by atoms with Crippen LogP contribution in [0.2, 0.25) is 10.0 Å². The van der Waals surface area contributed by atoms with Crippen molar-refractivity contribution in [1.82, 2.24) is 9.78 Å². The summed E-state index contributed by atoms with van der Waals surface area (Å²) < 4.78 is 49.4. The first-order valence-electron chi connectivity index (χ1n) is 4.75. The fourth-order valence-electron chi connectivity index (χ4n) is 1.42. The van der Waals surface area contributed by atoms with Gasteiger partial charge in [0.25, 0.3) is 0 Å². The maximum absolute atomic E-state index is 12.6. The quantitative estimate of drug-likeness (QED) is 0.782. The Labute approximate surface area is 119 Å². The molecule has 0 aliphatic heterocycles. The summed E-state index contributed by atoms with van der Waals surface area (Å²) in [7, 11) is 0. The van der Waals surface area contributed by atoms with E-state index in [0.29, 0.717) is 0 Å². The molecule has 0 unspecified atom stereocenters. The Balaban J connectivity index is 2.56. The van der Waals surface area contributed by atoms with Crippen molar-refractivity contribution < 1.29 is 17.4 Å². The third kappa shape index (κ3) is 2.88. The Bertz CT molecular complexity index is 619. The molecule has 0 spiro atoms. The van der Waals surface area contributed by atoms with Gasteiger partial charge in [-0.15, -0.1) is 5.10 Å². The number of rotatable bonds is 2. The second-order valence-corrected chi connectivity index (χ2v) is 4.87. The number of aromatic nitrogens is 2. The van der Waals surface area contributed by atoms with Crippen LogP contribution in [0.15, 0.2) is 29.4 Å². The molecule has 1 aromatic heterocycles. The zero-order valence-corrected chi connectivity index (χ0v) is 11.2. The van der Waals surface area contributed by atoms with Gasteiger partial charge in [0, 0.05) is 16.5 Å². The first-order valence-corrected chi connectivity index (χ1v) is 6.25. The van der Waals surface area contributed by atoms with Crippen molar-refractivity contribution in [2.75, 3.05) is 0 Å². The first-order chi connectivity index (χ1) is 8.82. The van der Waals surface area contributed by atoms with E-state index in [4.69, 9.17) is 23.2 Å². The summed E-state index contributed by atoms with van der Waals surface area (Å²) in [5, 5.41) is 3.58. The lowest BCUT2D eigenvalue weighted by molar-refractivity contribution is -0.137. The number of alkyl halides is 3. The molecule has 0 fully saturated rings. The lowest BCUT2D eigenvalue weighted by Crippen LogP contribution is -2.07. The highest BCUT2D eigenvalue weighted by Gasteiger charge is 2.32. The highest BCUT2D eigenvalue weighted by atomic mass is 35.5. The van der Waals surface area contributed by atoms with Crippen LogP contribution in [-0.4, -0.2) is 9.78 Å². The average Bonchev–Trinajstić information content (AvgIpc) is 2.75. The van der Waals surface area contributed by atoms with E-state index in [1.165, 1.54) is 12.3 Å². The molecule has 0 atom stereocenters. The molecule has 3 nitrogen and oxygen atoms in total. The molecule has 0 amide bonds. The Morgan fingerprint density at radius 2 is 1.79 bits per heavy atom. The molecule has 0 radical (unpaired) electrons. The summed E-state index contributed by atoms with van der Waals surface area (Å²) in [5.41, 5.74) is -0.853. The minimum atomic E-state index is -4.54. The van der Waals surface area contributed by atoms with Gasteiger partial charge < -0.3 is 0 Å². The molecule has 19 heavy (non-hydrogen) atoms. The second kappa shape index (κ2) is 5.07. The van der Waals surface area contributed by atoms with Crippen molar-refractivity contribution >= 4 is 34.9 Å². The molecule has 0 aliphatic carbocycles. The summed E-state index contributed by atoms with van der Waals surface area (Å²) >= 11 is 11.8. The van der Waals surface area contributed by atoms with Gasteiger partial charge in [-0.2, -0.15) is 13.2 Å². The lowest BCUT2D eigenvalue weighted by Gasteiger charge is -2.11. The van der Waals surface area contributed by atoms with Crippen LogP contribution in [-0.2, 0) is 22.1 Å². The molecule has 1 heterocycles. The predicted molar refractivity (Wildman–Crippen MR) is 64.9 cm³/mol. The standard InChI is InChI=1S/C10H4Cl2F3N2OS/c11-6-3-5(10(13,14)15)4-7(12)9(6)17-2-1-8(16-17)19-18/h1-4H/q+1.